The number of nitrogens with zero attached hydrogens (tertiary/aromatic N) is 2. The van der Waals surface area contributed by atoms with Gasteiger partial charge in [0.1, 0.15) is 0 Å². The zero-order chi connectivity index (χ0) is 11.7. The fraction of sp³-hybridized carbons (Fsp3) is 0.727. The van der Waals surface area contributed by atoms with Crippen molar-refractivity contribution < 1.29 is 9.32 Å². The maximum Gasteiger partial charge on any atom is 0.292 e. The van der Waals surface area contributed by atoms with Crippen molar-refractivity contribution >= 4 is 5.91 Å². The molecule has 92 valence electrons. The van der Waals surface area contributed by atoms with E-state index in [1.165, 1.54) is 6.42 Å². The van der Waals surface area contributed by atoms with Crippen LogP contribution in [0.4, 0.5) is 0 Å². The number of aromatic nitrogens is 2. The van der Waals surface area contributed by atoms with Crippen LogP contribution in [0.25, 0.3) is 0 Å². The van der Waals surface area contributed by atoms with Crippen molar-refractivity contribution in [3.63, 3.8) is 0 Å². The molecule has 1 atom stereocenters. The topological polar surface area (TPSA) is 80.0 Å². The van der Waals surface area contributed by atoms with Crippen LogP contribution in [-0.4, -0.2) is 28.6 Å². The summed E-state index contributed by atoms with van der Waals surface area (Å²) in [7, 11) is 0. The molecule has 1 aliphatic heterocycles. The van der Waals surface area contributed by atoms with Crippen LogP contribution in [0, 0.1) is 0 Å². The largest absolute Gasteiger partial charge is 0.346 e. The minimum atomic E-state index is -0.224. The van der Waals surface area contributed by atoms with Gasteiger partial charge in [-0.1, -0.05) is 11.6 Å². The number of nitrogens with one attached hydrogen (secondary N) is 2. The van der Waals surface area contributed by atoms with E-state index in [1.54, 1.807) is 0 Å². The number of amides is 1. The molecule has 1 unspecified atom stereocenters. The molecule has 2 fully saturated rings. The van der Waals surface area contributed by atoms with Gasteiger partial charge >= 0.3 is 0 Å². The number of hydrogen-bond donors (Lipinski definition) is 2. The van der Waals surface area contributed by atoms with Gasteiger partial charge in [0.2, 0.25) is 5.89 Å². The van der Waals surface area contributed by atoms with E-state index in [1.807, 2.05) is 0 Å². The third-order valence-electron chi connectivity index (χ3n) is 3.17. The second-order valence-electron chi connectivity index (χ2n) is 4.71. The Bertz CT molecular complexity index is 407. The van der Waals surface area contributed by atoms with E-state index >= 15 is 0 Å². The molecule has 0 bridgehead atoms. The maximum absolute atomic E-state index is 11.7. The normalized spacial score (nSPS) is 24.6. The van der Waals surface area contributed by atoms with E-state index in [9.17, 15) is 4.79 Å². The lowest BCUT2D eigenvalue weighted by Crippen LogP contribution is -2.28. The Morgan fingerprint density at radius 2 is 2.24 bits per heavy atom. The summed E-state index contributed by atoms with van der Waals surface area (Å²) >= 11 is 0. The van der Waals surface area contributed by atoms with Crippen molar-refractivity contribution in [1.29, 1.82) is 0 Å². The number of rotatable bonds is 3. The van der Waals surface area contributed by atoms with Crippen LogP contribution in [-0.2, 0) is 0 Å². The Balaban J connectivity index is 1.65. The van der Waals surface area contributed by atoms with E-state index in [2.05, 4.69) is 20.8 Å². The molecule has 0 radical (unpaired) electrons. The monoisotopic (exact) mass is 236 g/mol. The first-order valence-corrected chi connectivity index (χ1v) is 6.21. The van der Waals surface area contributed by atoms with Crippen molar-refractivity contribution in [2.24, 2.45) is 0 Å². The molecular formula is C11H16N4O2. The molecule has 2 N–H and O–H groups in total. The molecule has 0 aromatic carbocycles. The van der Waals surface area contributed by atoms with Crippen LogP contribution in [0.1, 0.15) is 54.7 Å². The third-order valence-corrected chi connectivity index (χ3v) is 3.17. The predicted octanol–water partition coefficient (Wildman–Crippen LogP) is 0.776. The van der Waals surface area contributed by atoms with E-state index in [0.29, 0.717) is 11.9 Å². The highest BCUT2D eigenvalue weighted by Crippen LogP contribution is 2.22. The van der Waals surface area contributed by atoms with E-state index in [-0.39, 0.29) is 17.8 Å². The molecule has 6 heteroatoms. The molecule has 6 nitrogen and oxygen atoms in total. The Kier molecular flexibility index (Phi) is 2.80. The summed E-state index contributed by atoms with van der Waals surface area (Å²) in [5.41, 5.74) is 0. The highest BCUT2D eigenvalue weighted by atomic mass is 16.5. The van der Waals surface area contributed by atoms with Gasteiger partial charge in [-0.15, -0.1) is 0 Å². The lowest BCUT2D eigenvalue weighted by atomic mass is 10.1. The molecular weight excluding hydrogens is 220 g/mol. The number of carbonyl (C=O) groups is 1. The number of carbonyl (C=O) groups excluding carboxylic acids is 1. The lowest BCUT2D eigenvalue weighted by molar-refractivity contribution is 0.0937. The number of hydrogen-bond acceptors (Lipinski definition) is 5. The first kappa shape index (κ1) is 10.7. The summed E-state index contributed by atoms with van der Waals surface area (Å²) in [5, 5.41) is 9.89. The van der Waals surface area contributed by atoms with Gasteiger partial charge in [0.05, 0.1) is 6.04 Å². The number of piperidine rings is 1. The van der Waals surface area contributed by atoms with E-state index < -0.39 is 0 Å². The van der Waals surface area contributed by atoms with Gasteiger partial charge in [0, 0.05) is 6.04 Å². The minimum Gasteiger partial charge on any atom is -0.346 e. The molecule has 1 saturated heterocycles. The van der Waals surface area contributed by atoms with Gasteiger partial charge in [0.15, 0.2) is 0 Å². The molecule has 2 heterocycles. The smallest absolute Gasteiger partial charge is 0.292 e. The fourth-order valence-corrected chi connectivity index (χ4v) is 2.01. The SMILES string of the molecule is O=C(NC1CC1)c1noc(C2CCCCN2)n1. The van der Waals surface area contributed by atoms with E-state index in [0.717, 1.165) is 32.2 Å². The average molecular weight is 236 g/mol. The zero-order valence-electron chi connectivity index (χ0n) is 9.61. The first-order chi connectivity index (χ1) is 8.33. The van der Waals surface area contributed by atoms with Gasteiger partial charge in [-0.3, -0.25) is 4.79 Å². The molecule has 0 spiro atoms. The highest BCUT2D eigenvalue weighted by Gasteiger charge is 2.27. The van der Waals surface area contributed by atoms with Gasteiger partial charge in [0.25, 0.3) is 11.7 Å². The van der Waals surface area contributed by atoms with Crippen molar-refractivity contribution in [2.75, 3.05) is 6.54 Å². The van der Waals surface area contributed by atoms with Gasteiger partial charge in [-0.25, -0.2) is 0 Å². The summed E-state index contributed by atoms with van der Waals surface area (Å²) in [6.07, 6.45) is 5.44. The van der Waals surface area contributed by atoms with E-state index in [4.69, 9.17) is 4.52 Å². The average Bonchev–Trinajstić information content (AvgIpc) is 3.04. The quantitative estimate of drug-likeness (QED) is 0.810. The van der Waals surface area contributed by atoms with Crippen LogP contribution < -0.4 is 10.6 Å². The van der Waals surface area contributed by atoms with Crippen molar-refractivity contribution in [3.8, 4) is 0 Å². The van der Waals surface area contributed by atoms with Crippen molar-refractivity contribution in [1.82, 2.24) is 20.8 Å². The summed E-state index contributed by atoms with van der Waals surface area (Å²) in [5.74, 6) is 0.461. The second kappa shape index (κ2) is 4.44. The molecule has 17 heavy (non-hydrogen) atoms. The Morgan fingerprint density at radius 1 is 1.35 bits per heavy atom. The fourth-order valence-electron chi connectivity index (χ4n) is 2.01. The van der Waals surface area contributed by atoms with Gasteiger partial charge in [-0.05, 0) is 32.2 Å². The summed E-state index contributed by atoms with van der Waals surface area (Å²) in [6.45, 7) is 0.969. The van der Waals surface area contributed by atoms with Crippen LogP contribution in [0.5, 0.6) is 0 Å². The molecule has 1 aliphatic carbocycles. The lowest BCUT2D eigenvalue weighted by Gasteiger charge is -2.19. The molecule has 3 rings (SSSR count). The Labute approximate surface area is 99.2 Å². The third kappa shape index (κ3) is 2.46. The molecule has 1 aromatic heterocycles. The minimum absolute atomic E-state index is 0.110. The van der Waals surface area contributed by atoms with Gasteiger partial charge < -0.3 is 15.2 Å². The molecule has 1 aromatic rings. The Morgan fingerprint density at radius 3 is 2.94 bits per heavy atom. The summed E-state index contributed by atoms with van der Waals surface area (Å²) in [6, 6.07) is 0.427. The molecule has 2 aliphatic rings. The standard InChI is InChI=1S/C11H16N4O2/c16-10(13-7-4-5-7)9-14-11(17-15-9)8-3-1-2-6-12-8/h7-8,12H,1-6H2,(H,13,16). The zero-order valence-corrected chi connectivity index (χ0v) is 9.61. The Hall–Kier alpha value is -1.43. The van der Waals surface area contributed by atoms with Crippen LogP contribution in [0.15, 0.2) is 4.52 Å². The van der Waals surface area contributed by atoms with Crippen molar-refractivity contribution in [2.45, 2.75) is 44.2 Å². The molecule has 1 amide bonds. The summed E-state index contributed by atoms with van der Waals surface area (Å²) in [4.78, 5) is 15.8. The van der Waals surface area contributed by atoms with Crippen LogP contribution in [0.2, 0.25) is 0 Å². The summed E-state index contributed by atoms with van der Waals surface area (Å²) < 4.78 is 5.14. The van der Waals surface area contributed by atoms with Crippen molar-refractivity contribution in [3.05, 3.63) is 11.7 Å². The highest BCUT2D eigenvalue weighted by molar-refractivity contribution is 5.90. The van der Waals surface area contributed by atoms with Gasteiger partial charge in [-0.2, -0.15) is 4.98 Å². The van der Waals surface area contributed by atoms with Crippen LogP contribution >= 0.6 is 0 Å². The second-order valence-corrected chi connectivity index (χ2v) is 4.71. The van der Waals surface area contributed by atoms with Crippen LogP contribution in [0.3, 0.4) is 0 Å². The molecule has 1 saturated carbocycles. The predicted molar refractivity (Wildman–Crippen MR) is 59.4 cm³/mol. The first-order valence-electron chi connectivity index (χ1n) is 6.21. The maximum atomic E-state index is 11.7.